The van der Waals surface area contributed by atoms with Gasteiger partial charge in [0.05, 0.1) is 12.2 Å². The van der Waals surface area contributed by atoms with Gasteiger partial charge in [-0.2, -0.15) is 0 Å². The average molecular weight is 318 g/mol. The Bertz CT molecular complexity index is 523. The number of fused-ring (bicyclic) bond motifs is 1. The predicted octanol–water partition coefficient (Wildman–Crippen LogP) is 4.89. The van der Waals surface area contributed by atoms with E-state index in [1.54, 1.807) is 0 Å². The smallest absolute Gasteiger partial charge is 0.331 e. The predicted molar refractivity (Wildman–Crippen MR) is 93.3 cm³/mol. The molecule has 0 saturated carbocycles. The van der Waals surface area contributed by atoms with Crippen molar-refractivity contribution >= 4 is 5.97 Å². The molecule has 3 heteroatoms. The lowest BCUT2D eigenvalue weighted by Crippen LogP contribution is -2.21. The van der Waals surface area contributed by atoms with E-state index >= 15 is 0 Å². The number of carboxylic acids is 1. The molecule has 4 unspecified atom stereocenters. The largest absolute Gasteiger partial charge is 0.478 e. The molecule has 4 atom stereocenters. The minimum atomic E-state index is -0.800. The fourth-order valence-electron chi connectivity index (χ4n) is 3.69. The van der Waals surface area contributed by atoms with Crippen molar-refractivity contribution in [2.45, 2.75) is 72.0 Å². The Morgan fingerprint density at radius 3 is 2.78 bits per heavy atom. The summed E-state index contributed by atoms with van der Waals surface area (Å²) in [6, 6.07) is 0. The lowest BCUT2D eigenvalue weighted by atomic mass is 9.80. The van der Waals surface area contributed by atoms with Gasteiger partial charge in [-0.05, 0) is 64.7 Å². The number of carbonyl (C=O) groups is 1. The Morgan fingerprint density at radius 2 is 2.13 bits per heavy atom. The first-order valence-corrected chi connectivity index (χ1v) is 8.77. The zero-order valence-electron chi connectivity index (χ0n) is 14.8. The molecule has 0 radical (unpaired) electrons. The SMILES string of the molecule is CC(C)=CCCC(=CCC1OC2C=C(C)CCC2C1C)C(=O)O. The van der Waals surface area contributed by atoms with Crippen LogP contribution in [0.25, 0.3) is 0 Å². The van der Waals surface area contributed by atoms with Gasteiger partial charge in [0.25, 0.3) is 0 Å². The highest BCUT2D eigenvalue weighted by molar-refractivity contribution is 5.86. The minimum Gasteiger partial charge on any atom is -0.478 e. The molecule has 0 aromatic carbocycles. The monoisotopic (exact) mass is 318 g/mol. The maximum absolute atomic E-state index is 11.4. The number of aliphatic carboxylic acids is 1. The lowest BCUT2D eigenvalue weighted by molar-refractivity contribution is -0.132. The summed E-state index contributed by atoms with van der Waals surface area (Å²) in [5, 5.41) is 9.38. The fraction of sp³-hybridized carbons (Fsp3) is 0.650. The van der Waals surface area contributed by atoms with E-state index in [2.05, 4.69) is 26.0 Å². The van der Waals surface area contributed by atoms with E-state index in [0.29, 0.717) is 30.3 Å². The summed E-state index contributed by atoms with van der Waals surface area (Å²) in [5.41, 5.74) is 3.16. The third kappa shape index (κ3) is 4.81. The standard InChI is InChI=1S/C20H30O3/c1-13(2)6-5-7-16(20(21)22)9-11-18-15(4)17-10-8-14(3)12-19(17)23-18/h6,9,12,15,17-19H,5,7-8,10-11H2,1-4H3,(H,21,22). The van der Waals surface area contributed by atoms with Crippen LogP contribution in [0.3, 0.4) is 0 Å². The first-order valence-electron chi connectivity index (χ1n) is 8.77. The van der Waals surface area contributed by atoms with E-state index in [1.807, 2.05) is 19.9 Å². The fourth-order valence-corrected chi connectivity index (χ4v) is 3.69. The minimum absolute atomic E-state index is 0.143. The molecule has 2 aliphatic rings. The Kier molecular flexibility index (Phi) is 6.23. The second kappa shape index (κ2) is 7.96. The lowest BCUT2D eigenvalue weighted by Gasteiger charge is -2.23. The molecule has 0 aromatic rings. The van der Waals surface area contributed by atoms with E-state index in [-0.39, 0.29) is 12.2 Å². The molecule has 0 bridgehead atoms. The highest BCUT2D eigenvalue weighted by Gasteiger charge is 2.41. The van der Waals surface area contributed by atoms with Gasteiger partial charge in [-0.15, -0.1) is 0 Å². The molecule has 1 heterocycles. The summed E-state index contributed by atoms with van der Waals surface area (Å²) >= 11 is 0. The summed E-state index contributed by atoms with van der Waals surface area (Å²) < 4.78 is 6.20. The van der Waals surface area contributed by atoms with E-state index in [9.17, 15) is 9.90 Å². The Balaban J connectivity index is 1.97. The Hall–Kier alpha value is -1.35. The van der Waals surface area contributed by atoms with Gasteiger partial charge in [-0.25, -0.2) is 4.79 Å². The molecular formula is C20H30O3. The van der Waals surface area contributed by atoms with Crippen molar-refractivity contribution in [3.05, 3.63) is 34.9 Å². The summed E-state index contributed by atoms with van der Waals surface area (Å²) in [6.07, 6.45) is 11.1. The van der Waals surface area contributed by atoms with E-state index in [1.165, 1.54) is 24.0 Å². The number of allylic oxidation sites excluding steroid dienone is 3. The van der Waals surface area contributed by atoms with Crippen LogP contribution in [0.2, 0.25) is 0 Å². The maximum atomic E-state index is 11.4. The molecule has 1 saturated heterocycles. The molecule has 0 amide bonds. The average Bonchev–Trinajstić information content (AvgIpc) is 2.77. The quantitative estimate of drug-likeness (QED) is 0.560. The molecule has 128 valence electrons. The normalized spacial score (nSPS) is 30.6. The first-order chi connectivity index (χ1) is 10.9. The molecule has 23 heavy (non-hydrogen) atoms. The van der Waals surface area contributed by atoms with Crippen LogP contribution in [-0.2, 0) is 9.53 Å². The Morgan fingerprint density at radius 1 is 1.39 bits per heavy atom. The van der Waals surface area contributed by atoms with Crippen LogP contribution in [0, 0.1) is 11.8 Å². The zero-order chi connectivity index (χ0) is 17.0. The number of hydrogen-bond acceptors (Lipinski definition) is 2. The molecule has 1 N–H and O–H groups in total. The third-order valence-corrected chi connectivity index (χ3v) is 5.17. The van der Waals surface area contributed by atoms with Crippen molar-refractivity contribution in [2.75, 3.05) is 0 Å². The van der Waals surface area contributed by atoms with E-state index in [0.717, 1.165) is 6.42 Å². The summed E-state index contributed by atoms with van der Waals surface area (Å²) in [4.78, 5) is 11.4. The molecular weight excluding hydrogens is 288 g/mol. The second-order valence-corrected chi connectivity index (χ2v) is 7.30. The molecule has 0 spiro atoms. The van der Waals surface area contributed by atoms with Crippen LogP contribution in [0.4, 0.5) is 0 Å². The number of ether oxygens (including phenoxy) is 1. The van der Waals surface area contributed by atoms with Crippen molar-refractivity contribution in [2.24, 2.45) is 11.8 Å². The molecule has 1 aliphatic carbocycles. The van der Waals surface area contributed by atoms with Crippen molar-refractivity contribution in [1.29, 1.82) is 0 Å². The summed E-state index contributed by atoms with van der Waals surface area (Å²) in [5.74, 6) is 0.287. The molecule has 0 aromatic heterocycles. The van der Waals surface area contributed by atoms with Crippen LogP contribution in [0.5, 0.6) is 0 Å². The third-order valence-electron chi connectivity index (χ3n) is 5.17. The van der Waals surface area contributed by atoms with Crippen LogP contribution < -0.4 is 0 Å². The van der Waals surface area contributed by atoms with Gasteiger partial charge in [0, 0.05) is 5.57 Å². The second-order valence-electron chi connectivity index (χ2n) is 7.30. The van der Waals surface area contributed by atoms with Crippen molar-refractivity contribution in [3.63, 3.8) is 0 Å². The molecule has 1 fully saturated rings. The highest BCUT2D eigenvalue weighted by atomic mass is 16.5. The number of carboxylic acid groups (broad SMARTS) is 1. The van der Waals surface area contributed by atoms with Gasteiger partial charge in [0.15, 0.2) is 0 Å². The first kappa shape index (κ1) is 18.0. The van der Waals surface area contributed by atoms with Crippen molar-refractivity contribution in [3.8, 4) is 0 Å². The van der Waals surface area contributed by atoms with Gasteiger partial charge < -0.3 is 9.84 Å². The van der Waals surface area contributed by atoms with Crippen molar-refractivity contribution < 1.29 is 14.6 Å². The van der Waals surface area contributed by atoms with Crippen LogP contribution in [-0.4, -0.2) is 23.3 Å². The zero-order valence-corrected chi connectivity index (χ0v) is 14.8. The van der Waals surface area contributed by atoms with Crippen LogP contribution >= 0.6 is 0 Å². The van der Waals surface area contributed by atoms with Crippen LogP contribution in [0.1, 0.15) is 59.8 Å². The van der Waals surface area contributed by atoms with Gasteiger partial charge in [-0.1, -0.05) is 36.3 Å². The summed E-state index contributed by atoms with van der Waals surface area (Å²) in [7, 11) is 0. The number of hydrogen-bond donors (Lipinski definition) is 1. The van der Waals surface area contributed by atoms with E-state index < -0.39 is 5.97 Å². The van der Waals surface area contributed by atoms with Crippen molar-refractivity contribution in [1.82, 2.24) is 0 Å². The molecule has 1 aliphatic heterocycles. The molecule has 3 nitrogen and oxygen atoms in total. The number of rotatable bonds is 6. The summed E-state index contributed by atoms with van der Waals surface area (Å²) in [6.45, 7) is 8.50. The topological polar surface area (TPSA) is 46.5 Å². The molecule has 2 rings (SSSR count). The van der Waals surface area contributed by atoms with Crippen LogP contribution in [0.15, 0.2) is 34.9 Å². The Labute approximate surface area is 140 Å². The van der Waals surface area contributed by atoms with Gasteiger partial charge in [-0.3, -0.25) is 0 Å². The van der Waals surface area contributed by atoms with Gasteiger partial charge in [0.1, 0.15) is 0 Å². The highest BCUT2D eigenvalue weighted by Crippen LogP contribution is 2.41. The van der Waals surface area contributed by atoms with E-state index in [4.69, 9.17) is 4.74 Å². The maximum Gasteiger partial charge on any atom is 0.331 e. The van der Waals surface area contributed by atoms with Gasteiger partial charge >= 0.3 is 5.97 Å². The van der Waals surface area contributed by atoms with Gasteiger partial charge in [0.2, 0.25) is 0 Å².